The predicted octanol–water partition coefficient (Wildman–Crippen LogP) is 2.01. The van der Waals surface area contributed by atoms with Crippen molar-refractivity contribution in [1.29, 1.82) is 0 Å². The van der Waals surface area contributed by atoms with E-state index in [1.54, 1.807) is 4.90 Å². The lowest BCUT2D eigenvalue weighted by molar-refractivity contribution is 0.0101. The number of hydrogen-bond acceptors (Lipinski definition) is 3. The number of aliphatic hydroxyl groups excluding tert-OH is 1. The molecule has 1 rings (SSSR count). The minimum atomic E-state index is -0.437. The van der Waals surface area contributed by atoms with Crippen LogP contribution in [-0.2, 0) is 4.74 Å². The molecule has 1 heterocycles. The summed E-state index contributed by atoms with van der Waals surface area (Å²) in [4.78, 5) is 13.2. The summed E-state index contributed by atoms with van der Waals surface area (Å²) < 4.78 is 5.22. The molecule has 4 nitrogen and oxygen atoms in total. The van der Waals surface area contributed by atoms with Crippen molar-refractivity contribution in [3.63, 3.8) is 0 Å². The highest BCUT2D eigenvalue weighted by Gasteiger charge is 2.25. The number of ether oxygens (including phenoxy) is 1. The van der Waals surface area contributed by atoms with Gasteiger partial charge in [-0.15, -0.1) is 0 Å². The van der Waals surface area contributed by atoms with E-state index in [-0.39, 0.29) is 19.6 Å². The first-order valence-electron chi connectivity index (χ1n) is 5.04. The Kier molecular flexibility index (Phi) is 5.08. The van der Waals surface area contributed by atoms with Gasteiger partial charge in [-0.2, -0.15) is 0 Å². The number of nitrogens with zero attached hydrogens (tertiary/aromatic N) is 1. The third-order valence-electron chi connectivity index (χ3n) is 2.12. The van der Waals surface area contributed by atoms with E-state index in [1.165, 1.54) is 0 Å². The van der Waals surface area contributed by atoms with E-state index < -0.39 is 5.60 Å². The number of carbonyl (C=O) groups is 1. The summed E-state index contributed by atoms with van der Waals surface area (Å²) >= 11 is 0. The largest absolute Gasteiger partial charge is 0.444 e. The normalized spacial score (nSPS) is 18.3. The highest BCUT2D eigenvalue weighted by molar-refractivity contribution is 5.68. The highest BCUT2D eigenvalue weighted by Crippen LogP contribution is 2.14. The molecule has 1 amide bonds. The van der Waals surface area contributed by atoms with Crippen LogP contribution in [0.3, 0.4) is 0 Å². The van der Waals surface area contributed by atoms with Crippen LogP contribution in [0.2, 0.25) is 0 Å². The van der Waals surface area contributed by atoms with Crippen molar-refractivity contribution in [2.75, 3.05) is 13.1 Å². The van der Waals surface area contributed by atoms with Gasteiger partial charge in [0.15, 0.2) is 0 Å². The van der Waals surface area contributed by atoms with Crippen LogP contribution in [0.4, 0.5) is 4.79 Å². The minimum absolute atomic E-state index is 0. The van der Waals surface area contributed by atoms with Gasteiger partial charge in [0.25, 0.3) is 0 Å². The molecule has 1 fully saturated rings. The first kappa shape index (κ1) is 14.2. The van der Waals surface area contributed by atoms with Crippen LogP contribution in [0.1, 0.15) is 41.0 Å². The maximum Gasteiger partial charge on any atom is 0.410 e. The molecular weight excluding hydrogens is 194 g/mol. The molecule has 0 aromatic rings. The third kappa shape index (κ3) is 5.02. The lowest BCUT2D eigenvalue weighted by Crippen LogP contribution is -2.42. The van der Waals surface area contributed by atoms with Gasteiger partial charge in [-0.25, -0.2) is 4.79 Å². The lowest BCUT2D eigenvalue weighted by atomic mass is 10.1. The Morgan fingerprint density at radius 1 is 1.33 bits per heavy atom. The van der Waals surface area contributed by atoms with Gasteiger partial charge in [0.2, 0.25) is 0 Å². The van der Waals surface area contributed by atoms with Gasteiger partial charge < -0.3 is 14.7 Å². The van der Waals surface area contributed by atoms with E-state index in [1.807, 2.05) is 20.8 Å². The molecular formula is C11H23NO3. The monoisotopic (exact) mass is 217 g/mol. The first-order chi connectivity index (χ1) is 6.38. The maximum atomic E-state index is 11.5. The van der Waals surface area contributed by atoms with Crippen molar-refractivity contribution in [2.45, 2.75) is 52.7 Å². The van der Waals surface area contributed by atoms with E-state index in [2.05, 4.69) is 0 Å². The standard InChI is InChI=1S/C10H19NO3.CH4/c1-10(2,3)14-9(13)11-6-4-8(12)5-7-11;/h8,12H,4-7H2,1-3H3;1H4. The Bertz CT molecular complexity index is 202. The van der Waals surface area contributed by atoms with E-state index in [9.17, 15) is 9.90 Å². The Labute approximate surface area is 92.2 Å². The summed E-state index contributed by atoms with van der Waals surface area (Å²) in [5.74, 6) is 0. The molecule has 0 aromatic heterocycles. The molecule has 0 aliphatic carbocycles. The van der Waals surface area contributed by atoms with Crippen LogP contribution >= 0.6 is 0 Å². The zero-order valence-corrected chi connectivity index (χ0v) is 9.12. The number of likely N-dealkylation sites (tertiary alicyclic amines) is 1. The second-order valence-electron chi connectivity index (χ2n) is 4.70. The zero-order chi connectivity index (χ0) is 10.8. The van der Waals surface area contributed by atoms with Gasteiger partial charge in [0.05, 0.1) is 6.10 Å². The van der Waals surface area contributed by atoms with E-state index in [0.717, 1.165) is 0 Å². The van der Waals surface area contributed by atoms with Gasteiger partial charge in [-0.05, 0) is 33.6 Å². The molecule has 0 unspecified atom stereocenters. The van der Waals surface area contributed by atoms with Crippen molar-refractivity contribution in [1.82, 2.24) is 4.90 Å². The fourth-order valence-corrected chi connectivity index (χ4v) is 1.37. The number of hydrogen-bond donors (Lipinski definition) is 1. The van der Waals surface area contributed by atoms with Gasteiger partial charge in [-0.3, -0.25) is 0 Å². The number of amides is 1. The fraction of sp³-hybridized carbons (Fsp3) is 0.909. The Balaban J connectivity index is 0.00000196. The summed E-state index contributed by atoms with van der Waals surface area (Å²) in [6, 6.07) is 0. The van der Waals surface area contributed by atoms with Crippen molar-refractivity contribution in [2.24, 2.45) is 0 Å². The quantitative estimate of drug-likeness (QED) is 0.675. The van der Waals surface area contributed by atoms with Gasteiger partial charge >= 0.3 is 6.09 Å². The molecule has 0 spiro atoms. The van der Waals surface area contributed by atoms with Crippen LogP contribution < -0.4 is 0 Å². The number of carbonyl (C=O) groups excluding carboxylic acids is 1. The second kappa shape index (κ2) is 5.35. The van der Waals surface area contributed by atoms with Gasteiger partial charge in [-0.1, -0.05) is 7.43 Å². The molecule has 1 N–H and O–H groups in total. The Hall–Kier alpha value is -0.770. The first-order valence-corrected chi connectivity index (χ1v) is 5.04. The highest BCUT2D eigenvalue weighted by atomic mass is 16.6. The fourth-order valence-electron chi connectivity index (χ4n) is 1.37. The molecule has 0 aromatic carbocycles. The van der Waals surface area contributed by atoms with Crippen LogP contribution in [0, 0.1) is 0 Å². The van der Waals surface area contributed by atoms with Crippen molar-refractivity contribution in [3.05, 3.63) is 0 Å². The molecule has 0 bridgehead atoms. The van der Waals surface area contributed by atoms with E-state index >= 15 is 0 Å². The lowest BCUT2D eigenvalue weighted by Gasteiger charge is -2.31. The smallest absolute Gasteiger partial charge is 0.410 e. The molecule has 0 saturated carbocycles. The van der Waals surface area contributed by atoms with Crippen molar-refractivity contribution >= 4 is 6.09 Å². The number of aliphatic hydroxyl groups is 1. The molecule has 1 aliphatic rings. The molecule has 1 saturated heterocycles. The molecule has 15 heavy (non-hydrogen) atoms. The topological polar surface area (TPSA) is 49.8 Å². The average molecular weight is 217 g/mol. The van der Waals surface area contributed by atoms with Crippen LogP contribution in [-0.4, -0.2) is 40.9 Å². The molecule has 0 radical (unpaired) electrons. The molecule has 90 valence electrons. The number of piperidine rings is 1. The second-order valence-corrected chi connectivity index (χ2v) is 4.70. The average Bonchev–Trinajstić information content (AvgIpc) is 2.02. The summed E-state index contributed by atoms with van der Waals surface area (Å²) in [5.41, 5.74) is -0.437. The SMILES string of the molecule is C.CC(C)(C)OC(=O)N1CCC(O)CC1. The summed E-state index contributed by atoms with van der Waals surface area (Å²) in [6.45, 7) is 6.74. The molecule has 1 aliphatic heterocycles. The van der Waals surface area contributed by atoms with Crippen LogP contribution in [0.5, 0.6) is 0 Å². The molecule has 4 heteroatoms. The van der Waals surface area contributed by atoms with Gasteiger partial charge in [0, 0.05) is 13.1 Å². The predicted molar refractivity (Wildman–Crippen MR) is 59.8 cm³/mol. The van der Waals surface area contributed by atoms with Crippen LogP contribution in [0.25, 0.3) is 0 Å². The zero-order valence-electron chi connectivity index (χ0n) is 9.12. The third-order valence-corrected chi connectivity index (χ3v) is 2.12. The molecule has 0 atom stereocenters. The van der Waals surface area contributed by atoms with E-state index in [0.29, 0.717) is 25.9 Å². The summed E-state index contributed by atoms with van der Waals surface area (Å²) in [5, 5.41) is 9.26. The van der Waals surface area contributed by atoms with Crippen molar-refractivity contribution in [3.8, 4) is 0 Å². The minimum Gasteiger partial charge on any atom is -0.444 e. The number of rotatable bonds is 0. The maximum absolute atomic E-state index is 11.5. The van der Waals surface area contributed by atoms with E-state index in [4.69, 9.17) is 4.74 Å². The Morgan fingerprint density at radius 2 is 1.80 bits per heavy atom. The van der Waals surface area contributed by atoms with Crippen molar-refractivity contribution < 1.29 is 14.6 Å². The summed E-state index contributed by atoms with van der Waals surface area (Å²) in [6.07, 6.45) is 0.775. The van der Waals surface area contributed by atoms with Gasteiger partial charge in [0.1, 0.15) is 5.60 Å². The van der Waals surface area contributed by atoms with Crippen LogP contribution in [0.15, 0.2) is 0 Å². The Morgan fingerprint density at radius 3 is 2.20 bits per heavy atom. The summed E-state index contributed by atoms with van der Waals surface area (Å²) in [7, 11) is 0.